The monoisotopic (exact) mass is 346 g/mol. The summed E-state index contributed by atoms with van der Waals surface area (Å²) in [5, 5.41) is 0. The van der Waals surface area contributed by atoms with E-state index in [1.165, 1.54) is 0 Å². The summed E-state index contributed by atoms with van der Waals surface area (Å²) in [6.45, 7) is 7.53. The van der Waals surface area contributed by atoms with Gasteiger partial charge in [0.1, 0.15) is 11.5 Å². The zero-order valence-electron chi connectivity index (χ0n) is 15.1. The van der Waals surface area contributed by atoms with Crippen molar-refractivity contribution in [3.8, 4) is 11.5 Å². The van der Waals surface area contributed by atoms with Gasteiger partial charge in [-0.05, 0) is 47.5 Å². The fraction of sp³-hybridized carbons (Fsp3) is 0.0870. The first-order chi connectivity index (χ1) is 12.6. The second-order valence-corrected chi connectivity index (χ2v) is 5.48. The van der Waals surface area contributed by atoms with Crippen molar-refractivity contribution in [2.75, 3.05) is 14.2 Å². The van der Waals surface area contributed by atoms with Gasteiger partial charge in [-0.3, -0.25) is 4.79 Å². The van der Waals surface area contributed by atoms with Gasteiger partial charge >= 0.3 is 0 Å². The zero-order chi connectivity index (χ0) is 18.9. The Kier molecular flexibility index (Phi) is 6.75. The lowest BCUT2D eigenvalue weighted by Crippen LogP contribution is -2.03. The van der Waals surface area contributed by atoms with Gasteiger partial charge in [0.05, 0.1) is 14.2 Å². The number of carbonyl (C=O) groups is 1. The molecule has 2 rings (SSSR count). The van der Waals surface area contributed by atoms with E-state index in [9.17, 15) is 4.79 Å². The lowest BCUT2D eigenvalue weighted by Gasteiger charge is -2.05. The summed E-state index contributed by atoms with van der Waals surface area (Å²) in [6, 6.07) is 14.9. The molecule has 132 valence electrons. The van der Waals surface area contributed by atoms with Crippen LogP contribution in [0.4, 0.5) is 0 Å². The average molecular weight is 346 g/mol. The molecule has 0 bridgehead atoms. The third-order valence-corrected chi connectivity index (χ3v) is 3.84. The van der Waals surface area contributed by atoms with Crippen LogP contribution in [0.15, 0.2) is 85.0 Å². The maximum Gasteiger partial charge on any atom is 0.193 e. The normalized spacial score (nSPS) is 11.6. The van der Waals surface area contributed by atoms with Crippen molar-refractivity contribution in [3.05, 3.63) is 96.1 Å². The summed E-state index contributed by atoms with van der Waals surface area (Å²) in [7, 11) is 3.23. The maximum atomic E-state index is 12.8. The SMILES string of the molecule is C=CC(=Cc1ccc(OC)cc1)C(=O)C(C=C)=Cc1ccc(OC)cc1. The molecular formula is C23H22O3. The Morgan fingerprint density at radius 1 is 0.731 bits per heavy atom. The maximum absolute atomic E-state index is 12.8. The topological polar surface area (TPSA) is 35.5 Å². The van der Waals surface area contributed by atoms with Crippen molar-refractivity contribution in [3.63, 3.8) is 0 Å². The molecule has 2 aromatic rings. The van der Waals surface area contributed by atoms with E-state index in [0.717, 1.165) is 22.6 Å². The van der Waals surface area contributed by atoms with Gasteiger partial charge in [0.15, 0.2) is 5.78 Å². The first-order valence-electron chi connectivity index (χ1n) is 8.12. The smallest absolute Gasteiger partial charge is 0.193 e. The van der Waals surface area contributed by atoms with Gasteiger partial charge in [-0.2, -0.15) is 0 Å². The van der Waals surface area contributed by atoms with Crippen molar-refractivity contribution in [1.29, 1.82) is 0 Å². The Morgan fingerprint density at radius 2 is 1.08 bits per heavy atom. The Bertz CT molecular complexity index is 767. The highest BCUT2D eigenvalue weighted by Gasteiger charge is 2.10. The van der Waals surface area contributed by atoms with Crippen LogP contribution in [0.25, 0.3) is 12.2 Å². The molecule has 2 aromatic carbocycles. The van der Waals surface area contributed by atoms with Crippen LogP contribution >= 0.6 is 0 Å². The van der Waals surface area contributed by atoms with E-state index in [1.807, 2.05) is 48.5 Å². The van der Waals surface area contributed by atoms with Crippen molar-refractivity contribution in [2.24, 2.45) is 0 Å². The third kappa shape index (κ3) is 4.84. The third-order valence-electron chi connectivity index (χ3n) is 3.84. The van der Waals surface area contributed by atoms with Gasteiger partial charge in [0, 0.05) is 11.1 Å². The molecule has 0 saturated heterocycles. The van der Waals surface area contributed by atoms with E-state index < -0.39 is 0 Å². The molecule has 0 unspecified atom stereocenters. The van der Waals surface area contributed by atoms with Gasteiger partial charge in [-0.15, -0.1) is 0 Å². The molecule has 0 amide bonds. The number of Topliss-reactive ketones (excluding diaryl/α,β-unsaturated/α-hetero) is 1. The summed E-state index contributed by atoms with van der Waals surface area (Å²) in [4.78, 5) is 12.8. The van der Waals surface area contributed by atoms with E-state index in [0.29, 0.717) is 11.1 Å². The first kappa shape index (κ1) is 19.0. The molecule has 0 aliphatic heterocycles. The minimum Gasteiger partial charge on any atom is -0.497 e. The number of ether oxygens (including phenoxy) is 2. The van der Waals surface area contributed by atoms with Crippen LogP contribution in [0.3, 0.4) is 0 Å². The van der Waals surface area contributed by atoms with Crippen molar-refractivity contribution in [1.82, 2.24) is 0 Å². The summed E-state index contributed by atoms with van der Waals surface area (Å²) >= 11 is 0. The van der Waals surface area contributed by atoms with Crippen LogP contribution < -0.4 is 9.47 Å². The molecule has 0 N–H and O–H groups in total. The van der Waals surface area contributed by atoms with Crippen LogP contribution in [0.5, 0.6) is 11.5 Å². The summed E-state index contributed by atoms with van der Waals surface area (Å²) < 4.78 is 10.3. The molecule has 26 heavy (non-hydrogen) atoms. The molecule has 0 aliphatic rings. The Morgan fingerprint density at radius 3 is 1.35 bits per heavy atom. The van der Waals surface area contributed by atoms with Crippen molar-refractivity contribution < 1.29 is 14.3 Å². The number of ketones is 1. The number of allylic oxidation sites excluding steroid dienone is 4. The molecule has 0 aliphatic carbocycles. The number of rotatable bonds is 8. The average Bonchev–Trinajstić information content (AvgIpc) is 2.70. The second kappa shape index (κ2) is 9.23. The molecule has 0 saturated carbocycles. The number of methoxy groups -OCH3 is 2. The standard InChI is InChI=1S/C23H22O3/c1-5-19(15-17-7-11-21(25-3)12-8-17)23(24)20(6-2)16-18-9-13-22(26-4)14-10-18/h5-16H,1-2H2,3-4H3. The summed E-state index contributed by atoms with van der Waals surface area (Å²) in [5.74, 6) is 1.39. The summed E-state index contributed by atoms with van der Waals surface area (Å²) in [5.41, 5.74) is 2.77. The molecule has 0 aromatic heterocycles. The highest BCUT2D eigenvalue weighted by atomic mass is 16.5. The highest BCUT2D eigenvalue weighted by Crippen LogP contribution is 2.19. The largest absolute Gasteiger partial charge is 0.497 e. The van der Waals surface area contributed by atoms with Gasteiger partial charge in [0.25, 0.3) is 0 Å². The molecule has 0 spiro atoms. The number of benzene rings is 2. The zero-order valence-corrected chi connectivity index (χ0v) is 15.1. The Hall–Kier alpha value is -3.33. The van der Waals surface area contributed by atoms with Crippen LogP contribution in [-0.2, 0) is 4.79 Å². The van der Waals surface area contributed by atoms with Crippen LogP contribution in [0, 0.1) is 0 Å². The van der Waals surface area contributed by atoms with E-state index in [-0.39, 0.29) is 5.78 Å². The quantitative estimate of drug-likeness (QED) is 0.492. The van der Waals surface area contributed by atoms with Crippen LogP contribution in [0.1, 0.15) is 11.1 Å². The van der Waals surface area contributed by atoms with Crippen LogP contribution in [-0.4, -0.2) is 20.0 Å². The van der Waals surface area contributed by atoms with E-state index in [4.69, 9.17) is 9.47 Å². The molecule has 3 nitrogen and oxygen atoms in total. The second-order valence-electron chi connectivity index (χ2n) is 5.48. The lowest BCUT2D eigenvalue weighted by atomic mass is 9.99. The van der Waals surface area contributed by atoms with E-state index in [2.05, 4.69) is 13.2 Å². The molecular weight excluding hydrogens is 324 g/mol. The van der Waals surface area contributed by atoms with Gasteiger partial charge < -0.3 is 9.47 Å². The fourth-order valence-corrected chi connectivity index (χ4v) is 2.36. The van der Waals surface area contributed by atoms with Crippen molar-refractivity contribution >= 4 is 17.9 Å². The van der Waals surface area contributed by atoms with Crippen molar-refractivity contribution in [2.45, 2.75) is 0 Å². The summed E-state index contributed by atoms with van der Waals surface area (Å²) in [6.07, 6.45) is 6.69. The number of hydrogen-bond acceptors (Lipinski definition) is 3. The van der Waals surface area contributed by atoms with Gasteiger partial charge in [0.2, 0.25) is 0 Å². The lowest BCUT2D eigenvalue weighted by molar-refractivity contribution is -0.111. The molecule has 0 fully saturated rings. The van der Waals surface area contributed by atoms with Crippen LogP contribution in [0.2, 0.25) is 0 Å². The number of hydrogen-bond donors (Lipinski definition) is 0. The first-order valence-corrected chi connectivity index (χ1v) is 8.12. The predicted octanol–water partition coefficient (Wildman–Crippen LogP) is 5.11. The molecule has 0 heterocycles. The Balaban J connectivity index is 2.30. The van der Waals surface area contributed by atoms with E-state index in [1.54, 1.807) is 38.5 Å². The minimum atomic E-state index is -0.137. The minimum absolute atomic E-state index is 0.137. The molecule has 0 radical (unpaired) electrons. The Labute approximate surface area is 154 Å². The van der Waals surface area contributed by atoms with E-state index >= 15 is 0 Å². The fourth-order valence-electron chi connectivity index (χ4n) is 2.36. The number of carbonyl (C=O) groups excluding carboxylic acids is 1. The predicted molar refractivity (Wildman–Crippen MR) is 107 cm³/mol. The molecule has 3 heteroatoms. The highest BCUT2D eigenvalue weighted by molar-refractivity contribution is 6.16. The van der Waals surface area contributed by atoms with Gasteiger partial charge in [-0.25, -0.2) is 0 Å². The van der Waals surface area contributed by atoms with Gasteiger partial charge in [-0.1, -0.05) is 49.6 Å². The molecule has 0 atom stereocenters.